The summed E-state index contributed by atoms with van der Waals surface area (Å²) in [6, 6.07) is 0.432. The maximum absolute atomic E-state index is 6.30. The molecule has 1 rings (SSSR count). The second-order valence-corrected chi connectivity index (χ2v) is 4.84. The highest BCUT2D eigenvalue weighted by atomic mass is 79.9. The third kappa shape index (κ3) is 3.22. The fourth-order valence-corrected chi connectivity index (χ4v) is 2.08. The van der Waals surface area contributed by atoms with Gasteiger partial charge in [-0.25, -0.2) is 0 Å². The van der Waals surface area contributed by atoms with Crippen LogP contribution in [0.2, 0.25) is 5.02 Å². The second-order valence-electron chi connectivity index (χ2n) is 3.81. The molecular weight excluding hydrogens is 289 g/mol. The Morgan fingerprint density at radius 1 is 1.50 bits per heavy atom. The summed E-state index contributed by atoms with van der Waals surface area (Å²) >= 11 is 9.74. The van der Waals surface area contributed by atoms with Crippen LogP contribution in [0.15, 0.2) is 0 Å². The fraction of sp³-hybridized carbons (Fsp3) is 0.727. The summed E-state index contributed by atoms with van der Waals surface area (Å²) in [4.78, 5) is 0. The topological polar surface area (TPSA) is 29.9 Å². The van der Waals surface area contributed by atoms with Gasteiger partial charge in [-0.05, 0) is 20.3 Å². The van der Waals surface area contributed by atoms with Crippen LogP contribution < -0.4 is 5.32 Å². The monoisotopic (exact) mass is 307 g/mol. The molecule has 1 atom stereocenters. The predicted molar refractivity (Wildman–Crippen MR) is 72.4 cm³/mol. The van der Waals surface area contributed by atoms with Gasteiger partial charge in [0.2, 0.25) is 0 Å². The fourth-order valence-electron chi connectivity index (χ4n) is 1.51. The maximum Gasteiger partial charge on any atom is 0.0863 e. The molecule has 0 aliphatic rings. The van der Waals surface area contributed by atoms with Gasteiger partial charge in [0.15, 0.2) is 0 Å². The van der Waals surface area contributed by atoms with Crippen molar-refractivity contribution in [1.29, 1.82) is 0 Å². The lowest BCUT2D eigenvalue weighted by molar-refractivity contribution is 0.544. The van der Waals surface area contributed by atoms with Crippen molar-refractivity contribution < 1.29 is 0 Å². The van der Waals surface area contributed by atoms with Crippen LogP contribution in [0.1, 0.15) is 32.2 Å². The first-order valence-electron chi connectivity index (χ1n) is 5.67. The summed E-state index contributed by atoms with van der Waals surface area (Å²) in [6.45, 7) is 7.93. The van der Waals surface area contributed by atoms with Crippen molar-refractivity contribution in [3.8, 4) is 0 Å². The van der Waals surface area contributed by atoms with Gasteiger partial charge in [-0.15, -0.1) is 0 Å². The minimum absolute atomic E-state index is 0.432. The van der Waals surface area contributed by atoms with Crippen LogP contribution in [0.5, 0.6) is 0 Å². The Bertz CT molecular complexity index is 338. The molecule has 1 aromatic rings. The van der Waals surface area contributed by atoms with Gasteiger partial charge >= 0.3 is 0 Å². The Kier molecular flexibility index (Phi) is 5.79. The minimum atomic E-state index is 0.432. The van der Waals surface area contributed by atoms with Crippen LogP contribution in [0.4, 0.5) is 0 Å². The molecule has 1 N–H and O–H groups in total. The van der Waals surface area contributed by atoms with Crippen molar-refractivity contribution in [2.24, 2.45) is 0 Å². The number of aryl methyl sites for hydroxylation is 2. The van der Waals surface area contributed by atoms with E-state index in [1.165, 1.54) is 0 Å². The number of nitrogens with one attached hydrogen (secondary N) is 1. The van der Waals surface area contributed by atoms with E-state index in [4.69, 9.17) is 11.6 Å². The van der Waals surface area contributed by atoms with Crippen LogP contribution in [-0.4, -0.2) is 21.2 Å². The smallest absolute Gasteiger partial charge is 0.0863 e. The van der Waals surface area contributed by atoms with Crippen molar-refractivity contribution >= 4 is 27.5 Å². The molecule has 5 heteroatoms. The molecule has 0 amide bonds. The Morgan fingerprint density at radius 3 is 2.69 bits per heavy atom. The van der Waals surface area contributed by atoms with Crippen LogP contribution in [0.3, 0.4) is 0 Å². The average molecular weight is 309 g/mol. The Morgan fingerprint density at radius 2 is 2.19 bits per heavy atom. The zero-order valence-electron chi connectivity index (χ0n) is 10.1. The molecule has 0 aromatic carbocycles. The first-order chi connectivity index (χ1) is 7.63. The van der Waals surface area contributed by atoms with Crippen LogP contribution in [-0.2, 0) is 19.5 Å². The first-order valence-corrected chi connectivity index (χ1v) is 7.17. The van der Waals surface area contributed by atoms with E-state index in [1.54, 1.807) is 0 Å². The van der Waals surface area contributed by atoms with Crippen molar-refractivity contribution in [2.45, 2.75) is 46.3 Å². The number of hydrogen-bond acceptors (Lipinski definition) is 2. The molecule has 0 aliphatic carbocycles. The zero-order chi connectivity index (χ0) is 12.1. The molecule has 0 aliphatic heterocycles. The average Bonchev–Trinajstić information content (AvgIpc) is 2.62. The number of hydrogen-bond donors (Lipinski definition) is 1. The largest absolute Gasteiger partial charge is 0.308 e. The van der Waals surface area contributed by atoms with Gasteiger partial charge in [0.05, 0.1) is 16.4 Å². The van der Waals surface area contributed by atoms with Gasteiger partial charge in [0, 0.05) is 24.5 Å². The van der Waals surface area contributed by atoms with E-state index in [0.717, 1.165) is 41.3 Å². The summed E-state index contributed by atoms with van der Waals surface area (Å²) < 4.78 is 1.98. The lowest BCUT2D eigenvalue weighted by Crippen LogP contribution is -2.27. The van der Waals surface area contributed by atoms with E-state index in [-0.39, 0.29) is 0 Å². The third-order valence-corrected chi connectivity index (χ3v) is 3.95. The Labute approximate surface area is 111 Å². The van der Waals surface area contributed by atoms with Gasteiger partial charge in [-0.2, -0.15) is 5.10 Å². The summed E-state index contributed by atoms with van der Waals surface area (Å²) in [5.74, 6) is 0. The van der Waals surface area contributed by atoms with Crippen molar-refractivity contribution in [3.05, 3.63) is 16.4 Å². The van der Waals surface area contributed by atoms with Crippen molar-refractivity contribution in [2.75, 3.05) is 5.33 Å². The van der Waals surface area contributed by atoms with Gasteiger partial charge in [0.25, 0.3) is 0 Å². The quantitative estimate of drug-likeness (QED) is 0.819. The SMILES string of the molecule is CCc1nn(CC)c(CNC(C)CBr)c1Cl. The highest BCUT2D eigenvalue weighted by Crippen LogP contribution is 2.21. The first kappa shape index (κ1) is 14.0. The number of rotatable bonds is 6. The predicted octanol–water partition coefficient (Wildman–Crippen LogP) is 2.99. The van der Waals surface area contributed by atoms with Gasteiger partial charge in [0.1, 0.15) is 0 Å². The van der Waals surface area contributed by atoms with Crippen LogP contribution >= 0.6 is 27.5 Å². The number of nitrogens with zero attached hydrogens (tertiary/aromatic N) is 2. The molecule has 0 saturated carbocycles. The molecule has 0 spiro atoms. The summed E-state index contributed by atoms with van der Waals surface area (Å²) in [6.07, 6.45) is 0.882. The molecule has 1 heterocycles. The highest BCUT2D eigenvalue weighted by molar-refractivity contribution is 9.09. The van der Waals surface area contributed by atoms with Crippen LogP contribution in [0, 0.1) is 0 Å². The Hall–Kier alpha value is -0.0600. The molecular formula is C11H19BrClN3. The van der Waals surface area contributed by atoms with Gasteiger partial charge in [-0.3, -0.25) is 4.68 Å². The number of aromatic nitrogens is 2. The molecule has 92 valence electrons. The zero-order valence-corrected chi connectivity index (χ0v) is 12.4. The molecule has 0 radical (unpaired) electrons. The van der Waals surface area contributed by atoms with Crippen LogP contribution in [0.25, 0.3) is 0 Å². The number of alkyl halides is 1. The van der Waals surface area contributed by atoms with Crippen molar-refractivity contribution in [1.82, 2.24) is 15.1 Å². The van der Waals surface area contributed by atoms with E-state index in [9.17, 15) is 0 Å². The van der Waals surface area contributed by atoms with Gasteiger partial charge < -0.3 is 5.32 Å². The summed E-state index contributed by atoms with van der Waals surface area (Å²) in [5, 5.41) is 9.65. The van der Waals surface area contributed by atoms with E-state index in [1.807, 2.05) is 4.68 Å². The summed E-state index contributed by atoms with van der Waals surface area (Å²) in [7, 11) is 0. The van der Waals surface area contributed by atoms with Crippen molar-refractivity contribution in [3.63, 3.8) is 0 Å². The number of halogens is 2. The molecule has 0 fully saturated rings. The van der Waals surface area contributed by atoms with E-state index < -0.39 is 0 Å². The van der Waals surface area contributed by atoms with E-state index >= 15 is 0 Å². The van der Waals surface area contributed by atoms with E-state index in [2.05, 4.69) is 47.1 Å². The molecule has 0 bridgehead atoms. The maximum atomic E-state index is 6.30. The van der Waals surface area contributed by atoms with Gasteiger partial charge in [-0.1, -0.05) is 34.5 Å². The molecule has 3 nitrogen and oxygen atoms in total. The summed E-state index contributed by atoms with van der Waals surface area (Å²) in [5.41, 5.74) is 2.08. The Balaban J connectivity index is 2.80. The van der Waals surface area contributed by atoms with E-state index in [0.29, 0.717) is 6.04 Å². The lowest BCUT2D eigenvalue weighted by Gasteiger charge is -2.11. The molecule has 16 heavy (non-hydrogen) atoms. The molecule has 0 saturated heterocycles. The minimum Gasteiger partial charge on any atom is -0.308 e. The molecule has 1 unspecified atom stereocenters. The lowest BCUT2D eigenvalue weighted by atomic mass is 10.3. The molecule has 1 aromatic heterocycles. The standard InChI is InChI=1S/C11H19BrClN3/c1-4-9-11(13)10(16(5-2)15-9)7-14-8(3)6-12/h8,14H,4-7H2,1-3H3. The normalized spacial score (nSPS) is 13.1. The second kappa shape index (κ2) is 6.62. The third-order valence-electron chi connectivity index (χ3n) is 2.54. The highest BCUT2D eigenvalue weighted by Gasteiger charge is 2.14.